The lowest BCUT2D eigenvalue weighted by Gasteiger charge is -2.36. The van der Waals surface area contributed by atoms with Crippen LogP contribution in [0.3, 0.4) is 0 Å². The number of morpholine rings is 1. The SMILES string of the molecule is Cc1ccc(S(=O)(=O)c2nc(S(=O)(=O)C3CCCCC3)sc2N2C[C@@H](C)O[C@H](C)C2)cc1. The standard InChI is InChI=1S/C22H30N2O5S3/c1-15-9-11-19(12-10-15)31(25,26)20-21(24-13-16(2)29-17(3)14-24)30-22(23-20)32(27,28)18-7-5-4-6-8-18/h9-12,16-18H,4-8,13-14H2,1-3H3/t16-,17-/m1/s1. The van der Waals surface area contributed by atoms with Crippen molar-refractivity contribution >= 4 is 36.0 Å². The molecule has 0 bridgehead atoms. The van der Waals surface area contributed by atoms with Gasteiger partial charge in [0.2, 0.25) is 24.0 Å². The minimum absolute atomic E-state index is 0.0862. The molecule has 0 unspecified atom stereocenters. The van der Waals surface area contributed by atoms with Crippen LogP contribution >= 0.6 is 11.3 Å². The fourth-order valence-corrected chi connectivity index (χ4v) is 9.61. The smallest absolute Gasteiger partial charge is 0.226 e. The Balaban J connectivity index is 1.83. The zero-order valence-corrected chi connectivity index (χ0v) is 21.1. The van der Waals surface area contributed by atoms with Gasteiger partial charge in [-0.25, -0.2) is 21.8 Å². The van der Waals surface area contributed by atoms with Gasteiger partial charge in [0.25, 0.3) is 0 Å². The van der Waals surface area contributed by atoms with E-state index in [1.54, 1.807) is 24.3 Å². The summed E-state index contributed by atoms with van der Waals surface area (Å²) >= 11 is 0.988. The molecule has 1 saturated heterocycles. The van der Waals surface area contributed by atoms with E-state index >= 15 is 0 Å². The molecule has 2 heterocycles. The van der Waals surface area contributed by atoms with Crippen molar-refractivity contribution in [3.63, 3.8) is 0 Å². The maximum Gasteiger partial charge on any atom is 0.226 e. The van der Waals surface area contributed by atoms with Crippen LogP contribution in [0.4, 0.5) is 5.00 Å². The van der Waals surface area contributed by atoms with Gasteiger partial charge in [0, 0.05) is 13.1 Å². The van der Waals surface area contributed by atoms with E-state index in [2.05, 4.69) is 4.98 Å². The molecule has 1 aromatic heterocycles. The Bertz CT molecular complexity index is 1160. The zero-order chi connectivity index (χ0) is 23.1. The fraction of sp³-hybridized carbons (Fsp3) is 0.591. The molecule has 1 saturated carbocycles. The molecule has 2 fully saturated rings. The third kappa shape index (κ3) is 4.60. The van der Waals surface area contributed by atoms with E-state index in [0.717, 1.165) is 36.2 Å². The summed E-state index contributed by atoms with van der Waals surface area (Å²) in [7, 11) is -7.68. The number of anilines is 1. The summed E-state index contributed by atoms with van der Waals surface area (Å²) in [6.07, 6.45) is 3.77. The number of aromatic nitrogens is 1. The van der Waals surface area contributed by atoms with Crippen LogP contribution in [-0.2, 0) is 24.4 Å². The molecule has 1 aliphatic carbocycles. The molecule has 1 aromatic carbocycles. The van der Waals surface area contributed by atoms with Crippen LogP contribution in [0.2, 0.25) is 0 Å². The predicted octanol–water partition coefficient (Wildman–Crippen LogP) is 4.00. The maximum atomic E-state index is 13.6. The molecule has 1 aliphatic heterocycles. The van der Waals surface area contributed by atoms with Crippen molar-refractivity contribution in [1.29, 1.82) is 0 Å². The minimum Gasteiger partial charge on any atom is -0.372 e. The van der Waals surface area contributed by atoms with Gasteiger partial charge in [-0.15, -0.1) is 0 Å². The summed E-state index contributed by atoms with van der Waals surface area (Å²) in [5.41, 5.74) is 0.943. The summed E-state index contributed by atoms with van der Waals surface area (Å²) in [6, 6.07) is 6.57. The van der Waals surface area contributed by atoms with Gasteiger partial charge in [0.1, 0.15) is 5.00 Å². The van der Waals surface area contributed by atoms with E-state index < -0.39 is 24.9 Å². The average Bonchev–Trinajstić information content (AvgIpc) is 3.21. The van der Waals surface area contributed by atoms with E-state index in [0.29, 0.717) is 30.9 Å². The Morgan fingerprint density at radius 2 is 1.56 bits per heavy atom. The third-order valence-corrected chi connectivity index (χ3v) is 11.7. The second kappa shape index (κ2) is 9.04. The van der Waals surface area contributed by atoms with Crippen LogP contribution in [0.1, 0.15) is 51.5 Å². The number of hydrogen-bond acceptors (Lipinski definition) is 8. The Morgan fingerprint density at radius 1 is 0.969 bits per heavy atom. The number of benzene rings is 1. The van der Waals surface area contributed by atoms with E-state index in [-0.39, 0.29) is 26.5 Å². The van der Waals surface area contributed by atoms with E-state index in [4.69, 9.17) is 4.74 Å². The highest BCUT2D eigenvalue weighted by Crippen LogP contribution is 2.40. The Hall–Kier alpha value is -1.49. The first-order chi connectivity index (χ1) is 15.1. The second-order valence-electron chi connectivity index (χ2n) is 8.87. The number of ether oxygens (including phenoxy) is 1. The van der Waals surface area contributed by atoms with Crippen LogP contribution < -0.4 is 4.90 Å². The first-order valence-corrected chi connectivity index (χ1v) is 14.9. The van der Waals surface area contributed by atoms with Gasteiger partial charge < -0.3 is 9.64 Å². The number of nitrogens with zero attached hydrogens (tertiary/aromatic N) is 2. The fourth-order valence-electron chi connectivity index (χ4n) is 4.47. The lowest BCUT2D eigenvalue weighted by molar-refractivity contribution is -0.00517. The van der Waals surface area contributed by atoms with Crippen LogP contribution in [0.5, 0.6) is 0 Å². The van der Waals surface area contributed by atoms with Gasteiger partial charge >= 0.3 is 0 Å². The molecule has 4 rings (SSSR count). The van der Waals surface area contributed by atoms with Crippen molar-refractivity contribution in [1.82, 2.24) is 4.98 Å². The van der Waals surface area contributed by atoms with Crippen molar-refractivity contribution in [2.45, 2.75) is 84.6 Å². The van der Waals surface area contributed by atoms with Gasteiger partial charge in [-0.05, 0) is 45.7 Å². The summed E-state index contributed by atoms with van der Waals surface area (Å²) in [5, 5.41) is -0.267. The molecule has 176 valence electrons. The highest BCUT2D eigenvalue weighted by atomic mass is 32.2. The summed E-state index contributed by atoms with van der Waals surface area (Å²) in [4.78, 5) is 6.34. The van der Waals surface area contributed by atoms with Crippen molar-refractivity contribution in [2.24, 2.45) is 0 Å². The summed E-state index contributed by atoms with van der Waals surface area (Å²) in [6.45, 7) is 6.70. The van der Waals surface area contributed by atoms with E-state index in [9.17, 15) is 16.8 Å². The lowest BCUT2D eigenvalue weighted by atomic mass is 10.0. The molecule has 0 amide bonds. The maximum absolute atomic E-state index is 13.6. The second-order valence-corrected chi connectivity index (χ2v) is 14.1. The Morgan fingerprint density at radius 3 is 2.16 bits per heavy atom. The number of sulfone groups is 2. The molecule has 10 heteroatoms. The van der Waals surface area contributed by atoms with E-state index in [1.165, 1.54) is 0 Å². The van der Waals surface area contributed by atoms with Crippen molar-refractivity contribution in [2.75, 3.05) is 18.0 Å². The van der Waals surface area contributed by atoms with Crippen molar-refractivity contribution in [3.8, 4) is 0 Å². The quantitative estimate of drug-likeness (QED) is 0.615. The molecule has 0 spiro atoms. The topological polar surface area (TPSA) is 93.6 Å². The monoisotopic (exact) mass is 498 g/mol. The van der Waals surface area contributed by atoms with Gasteiger partial charge in [0.05, 0.1) is 22.4 Å². The number of rotatable bonds is 5. The van der Waals surface area contributed by atoms with Crippen LogP contribution in [0.15, 0.2) is 38.5 Å². The van der Waals surface area contributed by atoms with Crippen LogP contribution in [-0.4, -0.2) is 52.4 Å². The molecular weight excluding hydrogens is 468 g/mol. The molecule has 2 aromatic rings. The molecule has 7 nitrogen and oxygen atoms in total. The van der Waals surface area contributed by atoms with Crippen molar-refractivity contribution < 1.29 is 21.6 Å². The largest absolute Gasteiger partial charge is 0.372 e. The first kappa shape index (κ1) is 23.7. The molecule has 0 N–H and O–H groups in total. The Labute approximate surface area is 194 Å². The van der Waals surface area contributed by atoms with Crippen LogP contribution in [0.25, 0.3) is 0 Å². The first-order valence-electron chi connectivity index (χ1n) is 11.1. The number of hydrogen-bond donors (Lipinski definition) is 0. The summed E-state index contributed by atoms with van der Waals surface area (Å²) < 4.78 is 59.6. The van der Waals surface area contributed by atoms with Gasteiger partial charge in [-0.3, -0.25) is 0 Å². The molecular formula is C22H30N2O5S3. The van der Waals surface area contributed by atoms with Gasteiger partial charge in [-0.1, -0.05) is 48.3 Å². The number of aryl methyl sites for hydroxylation is 1. The van der Waals surface area contributed by atoms with Gasteiger partial charge in [0.15, 0.2) is 5.03 Å². The highest BCUT2D eigenvalue weighted by Gasteiger charge is 2.38. The molecule has 2 aliphatic rings. The van der Waals surface area contributed by atoms with Crippen molar-refractivity contribution in [3.05, 3.63) is 29.8 Å². The molecule has 32 heavy (non-hydrogen) atoms. The normalized spacial score (nSPS) is 23.4. The van der Waals surface area contributed by atoms with E-state index in [1.807, 2.05) is 25.7 Å². The number of thiazole rings is 1. The average molecular weight is 499 g/mol. The summed E-state index contributed by atoms with van der Waals surface area (Å²) in [5.74, 6) is 0. The highest BCUT2D eigenvalue weighted by molar-refractivity contribution is 7.94. The Kier molecular flexibility index (Phi) is 6.68. The van der Waals surface area contributed by atoms with Crippen LogP contribution in [0, 0.1) is 6.92 Å². The minimum atomic E-state index is -3.99. The third-order valence-electron chi connectivity index (χ3n) is 6.09. The lowest BCUT2D eigenvalue weighted by Crippen LogP contribution is -2.45. The zero-order valence-electron chi connectivity index (χ0n) is 18.7. The predicted molar refractivity (Wildman–Crippen MR) is 125 cm³/mol. The van der Waals surface area contributed by atoms with Gasteiger partial charge in [-0.2, -0.15) is 0 Å². The molecule has 0 radical (unpaired) electrons. The molecule has 2 atom stereocenters.